The predicted molar refractivity (Wildman–Crippen MR) is 53.6 cm³/mol. The quantitative estimate of drug-likeness (QED) is 0.769. The molecule has 0 bridgehead atoms. The molecule has 0 amide bonds. The Hall–Kier alpha value is -0.430. The highest BCUT2D eigenvalue weighted by Crippen LogP contribution is 2.22. The van der Waals surface area contributed by atoms with Gasteiger partial charge in [0.05, 0.1) is 0 Å². The number of hydrogen-bond donors (Lipinski definition) is 0. The third-order valence-electron chi connectivity index (χ3n) is 2.02. The highest BCUT2D eigenvalue weighted by Gasteiger charge is 2.26. The number of rotatable bonds is 2. The molecule has 14 heavy (non-hydrogen) atoms. The van der Waals surface area contributed by atoms with Crippen LogP contribution in [0.15, 0.2) is 21.7 Å². The fourth-order valence-corrected chi connectivity index (χ4v) is 3.81. The lowest BCUT2D eigenvalue weighted by molar-refractivity contribution is 0.0314. The van der Waals surface area contributed by atoms with Crippen LogP contribution >= 0.6 is 11.3 Å². The minimum atomic E-state index is -3.29. The molecule has 2 heterocycles. The fraction of sp³-hybridized carbons (Fsp3) is 0.500. The first-order valence-electron chi connectivity index (χ1n) is 4.33. The summed E-state index contributed by atoms with van der Waals surface area (Å²) in [5.41, 5.74) is 0. The van der Waals surface area contributed by atoms with E-state index in [9.17, 15) is 8.42 Å². The van der Waals surface area contributed by atoms with Gasteiger partial charge in [0.2, 0.25) is 0 Å². The highest BCUT2D eigenvalue weighted by molar-refractivity contribution is 7.91. The van der Waals surface area contributed by atoms with Crippen LogP contribution in [-0.2, 0) is 14.8 Å². The molecular formula is C8H11NO3S2. The van der Waals surface area contributed by atoms with E-state index in [2.05, 4.69) is 0 Å². The zero-order valence-corrected chi connectivity index (χ0v) is 9.18. The third-order valence-corrected chi connectivity index (χ3v) is 5.22. The molecule has 78 valence electrons. The normalized spacial score (nSPS) is 19.7. The summed E-state index contributed by atoms with van der Waals surface area (Å²) in [7, 11) is -3.29. The largest absolute Gasteiger partial charge is 0.365 e. The first kappa shape index (κ1) is 10.1. The van der Waals surface area contributed by atoms with Crippen molar-refractivity contribution in [3.05, 3.63) is 17.5 Å². The fourth-order valence-electron chi connectivity index (χ4n) is 1.30. The van der Waals surface area contributed by atoms with Crippen LogP contribution in [-0.4, -0.2) is 32.6 Å². The molecule has 2 rings (SSSR count). The van der Waals surface area contributed by atoms with E-state index in [0.29, 0.717) is 17.4 Å². The maximum absolute atomic E-state index is 11.9. The Kier molecular flexibility index (Phi) is 2.87. The van der Waals surface area contributed by atoms with Crippen LogP contribution in [0.2, 0.25) is 0 Å². The zero-order chi connectivity index (χ0) is 10.0. The van der Waals surface area contributed by atoms with Crippen molar-refractivity contribution in [1.29, 1.82) is 0 Å². The summed E-state index contributed by atoms with van der Waals surface area (Å²) in [6.45, 7) is 1.39. The predicted octanol–water partition coefficient (Wildman–Crippen LogP) is 1.12. The average Bonchev–Trinajstić information content (AvgIpc) is 2.72. The van der Waals surface area contributed by atoms with Gasteiger partial charge in [-0.1, -0.05) is 6.07 Å². The Labute approximate surface area is 87.2 Å². The van der Waals surface area contributed by atoms with Crippen LogP contribution in [0.1, 0.15) is 6.42 Å². The van der Waals surface area contributed by atoms with E-state index >= 15 is 0 Å². The summed E-state index contributed by atoms with van der Waals surface area (Å²) in [5, 5.41) is 1.76. The number of ether oxygens (including phenoxy) is 1. The Morgan fingerprint density at radius 2 is 2.36 bits per heavy atom. The van der Waals surface area contributed by atoms with Gasteiger partial charge in [-0.15, -0.1) is 11.3 Å². The highest BCUT2D eigenvalue weighted by atomic mass is 32.2. The first-order valence-corrected chi connectivity index (χ1v) is 6.64. The van der Waals surface area contributed by atoms with Gasteiger partial charge in [-0.05, 0) is 17.9 Å². The van der Waals surface area contributed by atoms with E-state index in [-0.39, 0.29) is 6.73 Å². The van der Waals surface area contributed by atoms with Crippen LogP contribution in [0, 0.1) is 0 Å². The van der Waals surface area contributed by atoms with Crippen molar-refractivity contribution in [1.82, 2.24) is 4.31 Å². The van der Waals surface area contributed by atoms with Crippen molar-refractivity contribution in [2.24, 2.45) is 0 Å². The molecule has 0 spiro atoms. The van der Waals surface area contributed by atoms with Gasteiger partial charge in [-0.2, -0.15) is 4.31 Å². The van der Waals surface area contributed by atoms with Crippen molar-refractivity contribution in [2.45, 2.75) is 10.6 Å². The van der Waals surface area contributed by atoms with Crippen LogP contribution in [0.3, 0.4) is 0 Å². The topological polar surface area (TPSA) is 46.6 Å². The maximum Gasteiger partial charge on any atom is 0.254 e. The van der Waals surface area contributed by atoms with Crippen molar-refractivity contribution in [3.63, 3.8) is 0 Å². The molecule has 1 aliphatic heterocycles. The van der Waals surface area contributed by atoms with Gasteiger partial charge in [0, 0.05) is 13.2 Å². The van der Waals surface area contributed by atoms with E-state index < -0.39 is 10.0 Å². The summed E-state index contributed by atoms with van der Waals surface area (Å²) < 4.78 is 30.7. The molecule has 1 fully saturated rings. The Balaban J connectivity index is 2.23. The molecule has 1 aromatic rings. The van der Waals surface area contributed by atoms with Crippen LogP contribution in [0.5, 0.6) is 0 Å². The van der Waals surface area contributed by atoms with Gasteiger partial charge in [0.25, 0.3) is 10.0 Å². The number of sulfonamides is 1. The standard InChI is InChI=1S/C8H11NO3S2/c10-14(11,8-3-1-6-13-8)9-4-2-5-12-7-9/h1,3,6H,2,4-5,7H2. The van der Waals surface area contributed by atoms with Gasteiger partial charge in [0.15, 0.2) is 0 Å². The van der Waals surface area contributed by atoms with Crippen LogP contribution < -0.4 is 0 Å². The maximum atomic E-state index is 11.9. The Morgan fingerprint density at radius 3 is 2.93 bits per heavy atom. The zero-order valence-electron chi connectivity index (χ0n) is 7.55. The summed E-state index contributed by atoms with van der Waals surface area (Å²) in [5.74, 6) is 0. The third kappa shape index (κ3) is 1.83. The molecule has 0 aliphatic carbocycles. The molecule has 0 atom stereocenters. The molecule has 4 nitrogen and oxygen atoms in total. The van der Waals surface area contributed by atoms with Gasteiger partial charge >= 0.3 is 0 Å². The van der Waals surface area contributed by atoms with E-state index in [4.69, 9.17) is 4.74 Å². The average molecular weight is 233 g/mol. The van der Waals surface area contributed by atoms with Crippen molar-refractivity contribution >= 4 is 21.4 Å². The molecule has 1 saturated heterocycles. The lowest BCUT2D eigenvalue weighted by Gasteiger charge is -2.25. The lowest BCUT2D eigenvalue weighted by atomic mass is 10.4. The van der Waals surface area contributed by atoms with Gasteiger partial charge < -0.3 is 4.74 Å². The molecule has 6 heteroatoms. The second kappa shape index (κ2) is 3.98. The molecule has 0 N–H and O–H groups in total. The van der Waals surface area contributed by atoms with Crippen LogP contribution in [0.4, 0.5) is 0 Å². The molecular weight excluding hydrogens is 222 g/mol. The van der Waals surface area contributed by atoms with Crippen molar-refractivity contribution in [3.8, 4) is 0 Å². The minimum absolute atomic E-state index is 0.181. The summed E-state index contributed by atoms with van der Waals surface area (Å²) in [6.07, 6.45) is 0.768. The Morgan fingerprint density at radius 1 is 1.50 bits per heavy atom. The molecule has 0 aromatic carbocycles. The summed E-state index contributed by atoms with van der Waals surface area (Å²) in [6, 6.07) is 3.36. The van der Waals surface area contributed by atoms with E-state index in [1.807, 2.05) is 0 Å². The van der Waals surface area contributed by atoms with Gasteiger partial charge in [-0.25, -0.2) is 8.42 Å². The van der Waals surface area contributed by atoms with Crippen molar-refractivity contribution < 1.29 is 13.2 Å². The molecule has 0 unspecified atom stereocenters. The first-order chi connectivity index (χ1) is 6.71. The molecule has 0 saturated carbocycles. The SMILES string of the molecule is O=S(=O)(c1cccs1)N1CCCOC1. The molecule has 1 aliphatic rings. The van der Waals surface area contributed by atoms with E-state index in [1.165, 1.54) is 15.6 Å². The van der Waals surface area contributed by atoms with Crippen LogP contribution in [0.25, 0.3) is 0 Å². The molecule has 1 aromatic heterocycles. The summed E-state index contributed by atoms with van der Waals surface area (Å²) in [4.78, 5) is 0. The monoisotopic (exact) mass is 233 g/mol. The number of nitrogens with zero attached hydrogens (tertiary/aromatic N) is 1. The Bertz CT molecular complexity index is 379. The van der Waals surface area contributed by atoms with E-state index in [0.717, 1.165) is 6.42 Å². The minimum Gasteiger partial charge on any atom is -0.365 e. The summed E-state index contributed by atoms with van der Waals surface area (Å²) >= 11 is 1.24. The lowest BCUT2D eigenvalue weighted by Crippen LogP contribution is -2.37. The molecule has 0 radical (unpaired) electrons. The second-order valence-electron chi connectivity index (χ2n) is 3.00. The number of hydrogen-bond acceptors (Lipinski definition) is 4. The smallest absolute Gasteiger partial charge is 0.254 e. The van der Waals surface area contributed by atoms with Gasteiger partial charge in [-0.3, -0.25) is 0 Å². The van der Waals surface area contributed by atoms with Crippen molar-refractivity contribution in [2.75, 3.05) is 19.9 Å². The number of thiophene rings is 1. The van der Waals surface area contributed by atoms with E-state index in [1.54, 1.807) is 17.5 Å². The van der Waals surface area contributed by atoms with Gasteiger partial charge in [0.1, 0.15) is 10.9 Å². The second-order valence-corrected chi connectivity index (χ2v) is 6.12.